The van der Waals surface area contributed by atoms with E-state index in [2.05, 4.69) is 62.3 Å². The van der Waals surface area contributed by atoms with E-state index in [-0.39, 0.29) is 5.04 Å². The number of nitrogens with zero attached hydrogens (tertiary/aromatic N) is 6. The van der Waals surface area contributed by atoms with Crippen LogP contribution in [0.25, 0.3) is 22.5 Å². The number of amides is 1. The molecule has 1 aliphatic rings. The third-order valence-corrected chi connectivity index (χ3v) is 13.3. The molecule has 4 aromatic rings. The predicted molar refractivity (Wildman–Crippen MR) is 188 cm³/mol. The first-order valence-corrected chi connectivity index (χ1v) is 18.7. The summed E-state index contributed by atoms with van der Waals surface area (Å²) in [6.07, 6.45) is 4.93. The minimum absolute atomic E-state index is 0.0432. The molecule has 1 aromatic carbocycles. The second-order valence-corrected chi connectivity index (χ2v) is 19.8. The number of ether oxygens (including phenoxy) is 2. The van der Waals surface area contributed by atoms with Gasteiger partial charge in [-0.05, 0) is 69.2 Å². The van der Waals surface area contributed by atoms with Gasteiger partial charge in [-0.25, -0.2) is 19.7 Å². The number of aryl methyl sites for hydroxylation is 1. The highest BCUT2D eigenvalue weighted by atomic mass is 28.4. The molecule has 0 radical (unpaired) electrons. The molecule has 0 aliphatic carbocycles. The van der Waals surface area contributed by atoms with Crippen LogP contribution in [0.15, 0.2) is 55.0 Å². The predicted octanol–water partition coefficient (Wildman–Crippen LogP) is 7.73. The standard InChI is InChI=1S/C35H47N7O4Si/c1-33(2,3)46-32(43)42-21-35(7,22-45-47(10,11)34(4,5)6)25-18-24(20-37-30(25)42)26-14-16-36-31(38-26)39-28-13-12-23(19-29(28)44-9)27-15-17-41(8)40-27/h12-20H,21-22H2,1-11H3,(H,36,38,39). The topological polar surface area (TPSA) is 117 Å². The monoisotopic (exact) mass is 657 g/mol. The van der Waals surface area contributed by atoms with E-state index in [4.69, 9.17) is 23.9 Å². The van der Waals surface area contributed by atoms with E-state index in [1.807, 2.05) is 64.3 Å². The second kappa shape index (κ2) is 12.4. The van der Waals surface area contributed by atoms with E-state index < -0.39 is 25.4 Å². The number of methoxy groups -OCH3 is 1. The first-order chi connectivity index (χ1) is 21.9. The Morgan fingerprint density at radius 2 is 1.77 bits per heavy atom. The number of anilines is 3. The molecule has 0 fully saturated rings. The van der Waals surface area contributed by atoms with E-state index in [1.54, 1.807) is 29.1 Å². The Morgan fingerprint density at radius 1 is 1.02 bits per heavy atom. The SMILES string of the molecule is COc1cc(-c2ccn(C)n2)ccc1Nc1nccc(-c2cnc3c(c2)C(C)(CO[Si](C)(C)C(C)(C)C)CN3C(=O)OC(C)(C)C)n1. The molecule has 0 spiro atoms. The third-order valence-electron chi connectivity index (χ3n) is 8.86. The van der Waals surface area contributed by atoms with E-state index in [9.17, 15) is 4.79 Å². The first kappa shape index (κ1) is 34.1. The molecule has 250 valence electrons. The van der Waals surface area contributed by atoms with Gasteiger partial charge in [0.05, 0.1) is 24.2 Å². The fourth-order valence-electron chi connectivity index (χ4n) is 5.14. The van der Waals surface area contributed by atoms with Gasteiger partial charge in [0.25, 0.3) is 0 Å². The van der Waals surface area contributed by atoms with Crippen LogP contribution in [0.4, 0.5) is 22.2 Å². The van der Waals surface area contributed by atoms with Crippen molar-refractivity contribution in [2.45, 2.75) is 77.6 Å². The van der Waals surface area contributed by atoms with Crippen LogP contribution in [0.1, 0.15) is 54.0 Å². The van der Waals surface area contributed by atoms with Crippen molar-refractivity contribution in [1.29, 1.82) is 0 Å². The Hall–Kier alpha value is -4.29. The molecule has 5 rings (SSSR count). The number of pyridine rings is 1. The zero-order valence-corrected chi connectivity index (χ0v) is 30.4. The van der Waals surface area contributed by atoms with Gasteiger partial charge in [0.15, 0.2) is 8.32 Å². The Labute approximate surface area is 278 Å². The van der Waals surface area contributed by atoms with Crippen LogP contribution in [0, 0.1) is 0 Å². The van der Waals surface area contributed by atoms with E-state index in [0.717, 1.165) is 28.1 Å². The fourth-order valence-corrected chi connectivity index (χ4v) is 6.25. The minimum atomic E-state index is -2.08. The molecule has 1 amide bonds. The molecule has 12 heteroatoms. The van der Waals surface area contributed by atoms with Crippen molar-refractivity contribution in [2.24, 2.45) is 7.05 Å². The van der Waals surface area contributed by atoms with Gasteiger partial charge in [-0.3, -0.25) is 9.58 Å². The van der Waals surface area contributed by atoms with E-state index in [0.29, 0.717) is 36.4 Å². The van der Waals surface area contributed by atoms with Crippen LogP contribution in [-0.4, -0.2) is 65.0 Å². The Bertz CT molecular complexity index is 1780. The number of aromatic nitrogens is 5. The highest BCUT2D eigenvalue weighted by Crippen LogP contribution is 2.44. The quantitative estimate of drug-likeness (QED) is 0.190. The summed E-state index contributed by atoms with van der Waals surface area (Å²) < 4.78 is 20.0. The van der Waals surface area contributed by atoms with Crippen molar-refractivity contribution in [3.8, 4) is 28.3 Å². The van der Waals surface area contributed by atoms with Gasteiger partial charge >= 0.3 is 6.09 Å². The summed E-state index contributed by atoms with van der Waals surface area (Å²) in [5.74, 6) is 1.63. The number of carbonyl (C=O) groups is 1. The normalized spacial score (nSPS) is 16.6. The Kier molecular flexibility index (Phi) is 8.97. The molecule has 0 bridgehead atoms. The maximum absolute atomic E-state index is 13.4. The van der Waals surface area contributed by atoms with Crippen LogP contribution in [0.5, 0.6) is 5.75 Å². The van der Waals surface area contributed by atoms with Crippen molar-refractivity contribution in [2.75, 3.05) is 30.5 Å². The third kappa shape index (κ3) is 7.33. The van der Waals surface area contributed by atoms with Crippen LogP contribution < -0.4 is 15.0 Å². The van der Waals surface area contributed by atoms with Gasteiger partial charge in [-0.1, -0.05) is 33.8 Å². The summed E-state index contributed by atoms with van der Waals surface area (Å²) in [5.41, 5.74) is 3.77. The maximum atomic E-state index is 13.4. The molecule has 1 unspecified atom stereocenters. The van der Waals surface area contributed by atoms with Crippen molar-refractivity contribution >= 4 is 31.9 Å². The summed E-state index contributed by atoms with van der Waals surface area (Å²) in [6, 6.07) is 11.7. The molecule has 4 heterocycles. The highest BCUT2D eigenvalue weighted by Gasteiger charge is 2.47. The van der Waals surface area contributed by atoms with Crippen molar-refractivity contribution in [3.05, 3.63) is 60.6 Å². The second-order valence-electron chi connectivity index (χ2n) is 15.0. The molecule has 3 aromatic heterocycles. The lowest BCUT2D eigenvalue weighted by atomic mass is 9.85. The van der Waals surface area contributed by atoms with Crippen LogP contribution >= 0.6 is 0 Å². The lowest BCUT2D eigenvalue weighted by molar-refractivity contribution is 0.0574. The zero-order chi connectivity index (χ0) is 34.4. The fraction of sp³-hybridized carbons (Fsp3) is 0.457. The van der Waals surface area contributed by atoms with Gasteiger partial charge < -0.3 is 19.2 Å². The van der Waals surface area contributed by atoms with Crippen LogP contribution in [0.3, 0.4) is 0 Å². The number of hydrogen-bond acceptors (Lipinski definition) is 9. The zero-order valence-electron chi connectivity index (χ0n) is 29.4. The van der Waals surface area contributed by atoms with Gasteiger partial charge in [0, 0.05) is 60.9 Å². The average molecular weight is 658 g/mol. The molecule has 1 N–H and O–H groups in total. The smallest absolute Gasteiger partial charge is 0.416 e. The van der Waals surface area contributed by atoms with Gasteiger partial charge in [0.2, 0.25) is 5.95 Å². The number of hydrogen-bond donors (Lipinski definition) is 1. The summed E-state index contributed by atoms with van der Waals surface area (Å²) in [4.78, 5) is 29.1. The number of nitrogens with one attached hydrogen (secondary N) is 1. The maximum Gasteiger partial charge on any atom is 0.416 e. The van der Waals surface area contributed by atoms with Crippen molar-refractivity contribution < 1.29 is 18.7 Å². The molecule has 1 aliphatic heterocycles. The van der Waals surface area contributed by atoms with Gasteiger partial charge in [-0.15, -0.1) is 0 Å². The Balaban J connectivity index is 1.46. The number of benzene rings is 1. The lowest BCUT2D eigenvalue weighted by Crippen LogP contribution is -2.46. The molecule has 47 heavy (non-hydrogen) atoms. The highest BCUT2D eigenvalue weighted by molar-refractivity contribution is 6.74. The van der Waals surface area contributed by atoms with Gasteiger partial charge in [0.1, 0.15) is 17.2 Å². The summed E-state index contributed by atoms with van der Waals surface area (Å²) >= 11 is 0. The minimum Gasteiger partial charge on any atom is -0.495 e. The number of rotatable bonds is 8. The Morgan fingerprint density at radius 3 is 2.40 bits per heavy atom. The average Bonchev–Trinajstić information content (AvgIpc) is 3.56. The molecule has 0 saturated heterocycles. The van der Waals surface area contributed by atoms with Crippen molar-refractivity contribution in [3.63, 3.8) is 0 Å². The number of carbonyl (C=O) groups excluding carboxylic acids is 1. The van der Waals surface area contributed by atoms with E-state index in [1.165, 1.54) is 0 Å². The van der Waals surface area contributed by atoms with Crippen LogP contribution in [-0.2, 0) is 21.6 Å². The number of fused-ring (bicyclic) bond motifs is 1. The first-order valence-electron chi connectivity index (χ1n) is 15.8. The van der Waals surface area contributed by atoms with Crippen molar-refractivity contribution in [1.82, 2.24) is 24.7 Å². The van der Waals surface area contributed by atoms with E-state index >= 15 is 0 Å². The summed E-state index contributed by atoms with van der Waals surface area (Å²) in [7, 11) is 1.44. The van der Waals surface area contributed by atoms with Gasteiger partial charge in [-0.2, -0.15) is 5.10 Å². The summed E-state index contributed by atoms with van der Waals surface area (Å²) in [5, 5.41) is 7.84. The molecule has 11 nitrogen and oxygen atoms in total. The molecular weight excluding hydrogens is 611 g/mol. The largest absolute Gasteiger partial charge is 0.495 e. The molecule has 0 saturated carbocycles. The van der Waals surface area contributed by atoms with Crippen LogP contribution in [0.2, 0.25) is 18.1 Å². The summed E-state index contributed by atoms with van der Waals surface area (Å²) in [6.45, 7) is 19.7. The lowest BCUT2D eigenvalue weighted by Gasteiger charge is -2.39. The molecule has 1 atom stereocenters. The molecular formula is C35H47N7O4Si.